The van der Waals surface area contributed by atoms with Gasteiger partial charge in [-0.1, -0.05) is 34.7 Å². The highest BCUT2D eigenvalue weighted by molar-refractivity contribution is 14.1. The van der Waals surface area contributed by atoms with Crippen molar-refractivity contribution in [2.24, 2.45) is 11.8 Å². The van der Waals surface area contributed by atoms with Crippen molar-refractivity contribution in [3.63, 3.8) is 0 Å². The lowest BCUT2D eigenvalue weighted by atomic mass is 9.85. The minimum Gasteiger partial charge on any atom is -0.396 e. The van der Waals surface area contributed by atoms with Crippen LogP contribution >= 0.6 is 22.6 Å². The smallest absolute Gasteiger partial charge is 0.0465 e. The minimum atomic E-state index is 0.359. The summed E-state index contributed by atoms with van der Waals surface area (Å²) in [4.78, 5) is 0. The molecular weight excluding hydrogens is 239 g/mol. The Labute approximate surface area is 75.7 Å². The van der Waals surface area contributed by atoms with Gasteiger partial charge >= 0.3 is 0 Å². The Balaban J connectivity index is 2.45. The Morgan fingerprint density at radius 1 is 1.30 bits per heavy atom. The molecule has 10 heavy (non-hydrogen) atoms. The molecule has 1 rings (SSSR count). The number of aliphatic hydroxyl groups excluding tert-OH is 1. The molecule has 0 unspecified atom stereocenters. The standard InChI is InChI=1S/C8H13IO/c9-5-7-3-1-2-4-8(7)6-10/h1-2,7-8,10H,3-6H2/t7-,8+/m0/s1. The zero-order chi connectivity index (χ0) is 7.40. The first-order valence-corrected chi connectivity index (χ1v) is 5.23. The zero-order valence-electron chi connectivity index (χ0n) is 5.96. The van der Waals surface area contributed by atoms with E-state index in [2.05, 4.69) is 34.7 Å². The summed E-state index contributed by atoms with van der Waals surface area (Å²) in [5.41, 5.74) is 0. The van der Waals surface area contributed by atoms with Crippen LogP contribution in [0.15, 0.2) is 12.2 Å². The first kappa shape index (κ1) is 8.53. The average molecular weight is 252 g/mol. The van der Waals surface area contributed by atoms with Crippen molar-refractivity contribution in [2.75, 3.05) is 11.0 Å². The van der Waals surface area contributed by atoms with Crippen molar-refractivity contribution in [1.82, 2.24) is 0 Å². The van der Waals surface area contributed by atoms with Gasteiger partial charge in [-0.05, 0) is 24.7 Å². The maximum absolute atomic E-state index is 8.96. The molecule has 0 aromatic rings. The molecule has 2 atom stereocenters. The molecule has 0 saturated carbocycles. The number of halogens is 1. The van der Waals surface area contributed by atoms with Gasteiger partial charge in [0.25, 0.3) is 0 Å². The van der Waals surface area contributed by atoms with E-state index >= 15 is 0 Å². The number of alkyl halides is 1. The SMILES string of the molecule is OC[C@H]1CC=CC[C@H]1CI. The molecule has 0 bridgehead atoms. The quantitative estimate of drug-likeness (QED) is 0.452. The van der Waals surface area contributed by atoms with Crippen molar-refractivity contribution >= 4 is 22.6 Å². The lowest BCUT2D eigenvalue weighted by molar-refractivity contribution is 0.183. The summed E-state index contributed by atoms with van der Waals surface area (Å²) in [6.45, 7) is 0.359. The highest BCUT2D eigenvalue weighted by Crippen LogP contribution is 2.26. The molecule has 0 spiro atoms. The van der Waals surface area contributed by atoms with Gasteiger partial charge in [-0.15, -0.1) is 0 Å². The highest BCUT2D eigenvalue weighted by Gasteiger charge is 2.19. The summed E-state index contributed by atoms with van der Waals surface area (Å²) in [7, 11) is 0. The lowest BCUT2D eigenvalue weighted by Crippen LogP contribution is -2.21. The van der Waals surface area contributed by atoms with Gasteiger partial charge in [0.15, 0.2) is 0 Å². The molecule has 0 amide bonds. The normalized spacial score (nSPS) is 32.6. The molecule has 1 nitrogen and oxygen atoms in total. The van der Waals surface area contributed by atoms with Gasteiger partial charge in [-0.25, -0.2) is 0 Å². The van der Waals surface area contributed by atoms with E-state index in [0.29, 0.717) is 12.5 Å². The number of allylic oxidation sites excluding steroid dienone is 2. The van der Waals surface area contributed by atoms with Crippen molar-refractivity contribution in [2.45, 2.75) is 12.8 Å². The van der Waals surface area contributed by atoms with Gasteiger partial charge in [0, 0.05) is 11.0 Å². The minimum absolute atomic E-state index is 0.359. The average Bonchev–Trinajstić information content (AvgIpc) is 2.04. The Morgan fingerprint density at radius 3 is 2.30 bits per heavy atom. The monoisotopic (exact) mass is 252 g/mol. The molecule has 0 radical (unpaired) electrons. The van der Waals surface area contributed by atoms with Crippen LogP contribution in [0.3, 0.4) is 0 Å². The molecule has 0 aliphatic heterocycles. The first-order chi connectivity index (χ1) is 4.88. The van der Waals surface area contributed by atoms with E-state index in [1.54, 1.807) is 0 Å². The van der Waals surface area contributed by atoms with Gasteiger partial charge < -0.3 is 5.11 Å². The second kappa shape index (κ2) is 4.34. The molecule has 0 saturated heterocycles. The molecular formula is C8H13IO. The van der Waals surface area contributed by atoms with E-state index in [1.807, 2.05) is 0 Å². The zero-order valence-corrected chi connectivity index (χ0v) is 8.12. The second-order valence-electron chi connectivity index (χ2n) is 2.80. The van der Waals surface area contributed by atoms with Crippen LogP contribution in [0, 0.1) is 11.8 Å². The first-order valence-electron chi connectivity index (χ1n) is 3.70. The van der Waals surface area contributed by atoms with Crippen LogP contribution in [0.25, 0.3) is 0 Å². The van der Waals surface area contributed by atoms with Crippen molar-refractivity contribution < 1.29 is 5.11 Å². The van der Waals surface area contributed by atoms with E-state index in [9.17, 15) is 0 Å². The molecule has 0 fully saturated rings. The maximum Gasteiger partial charge on any atom is 0.0465 e. The predicted octanol–water partition coefficient (Wildman–Crippen LogP) is 2.00. The van der Waals surface area contributed by atoms with E-state index in [-0.39, 0.29) is 0 Å². The molecule has 0 heterocycles. The van der Waals surface area contributed by atoms with Crippen molar-refractivity contribution in [3.05, 3.63) is 12.2 Å². The number of hydrogen-bond donors (Lipinski definition) is 1. The van der Waals surface area contributed by atoms with Gasteiger partial charge in [-0.2, -0.15) is 0 Å². The Hall–Kier alpha value is 0.430. The predicted molar refractivity (Wildman–Crippen MR) is 51.3 cm³/mol. The van der Waals surface area contributed by atoms with Crippen molar-refractivity contribution in [3.8, 4) is 0 Å². The molecule has 1 N–H and O–H groups in total. The van der Waals surface area contributed by atoms with Crippen LogP contribution in [-0.4, -0.2) is 16.1 Å². The summed E-state index contributed by atoms with van der Waals surface area (Å²) in [6, 6.07) is 0. The van der Waals surface area contributed by atoms with Crippen LogP contribution in [0.2, 0.25) is 0 Å². The van der Waals surface area contributed by atoms with Crippen LogP contribution in [-0.2, 0) is 0 Å². The Bertz CT molecular complexity index is 108. The largest absolute Gasteiger partial charge is 0.396 e. The summed E-state index contributed by atoms with van der Waals surface area (Å²) < 4.78 is 1.17. The summed E-state index contributed by atoms with van der Waals surface area (Å²) in [6.07, 6.45) is 6.65. The summed E-state index contributed by atoms with van der Waals surface area (Å²) >= 11 is 2.40. The topological polar surface area (TPSA) is 20.2 Å². The lowest BCUT2D eigenvalue weighted by Gasteiger charge is -2.24. The fraction of sp³-hybridized carbons (Fsp3) is 0.750. The van der Waals surface area contributed by atoms with Gasteiger partial charge in [0.05, 0.1) is 0 Å². The van der Waals surface area contributed by atoms with Crippen LogP contribution in [0.1, 0.15) is 12.8 Å². The van der Waals surface area contributed by atoms with E-state index in [0.717, 1.165) is 18.8 Å². The fourth-order valence-corrected chi connectivity index (χ4v) is 2.42. The molecule has 2 heteroatoms. The van der Waals surface area contributed by atoms with E-state index in [4.69, 9.17) is 5.11 Å². The van der Waals surface area contributed by atoms with Crippen LogP contribution in [0.5, 0.6) is 0 Å². The molecule has 58 valence electrons. The van der Waals surface area contributed by atoms with Crippen LogP contribution in [0.4, 0.5) is 0 Å². The molecule has 1 aliphatic carbocycles. The third-order valence-electron chi connectivity index (χ3n) is 2.14. The van der Waals surface area contributed by atoms with E-state index in [1.165, 1.54) is 4.43 Å². The molecule has 1 aliphatic rings. The number of hydrogen-bond acceptors (Lipinski definition) is 1. The number of aliphatic hydroxyl groups is 1. The maximum atomic E-state index is 8.96. The Kier molecular flexibility index (Phi) is 3.70. The second-order valence-corrected chi connectivity index (χ2v) is 3.68. The third kappa shape index (κ3) is 1.95. The summed E-state index contributed by atoms with van der Waals surface area (Å²) in [5.74, 6) is 1.25. The van der Waals surface area contributed by atoms with Gasteiger partial charge in [-0.3, -0.25) is 0 Å². The van der Waals surface area contributed by atoms with E-state index < -0.39 is 0 Å². The van der Waals surface area contributed by atoms with Crippen LogP contribution < -0.4 is 0 Å². The van der Waals surface area contributed by atoms with Gasteiger partial charge in [0.1, 0.15) is 0 Å². The summed E-state index contributed by atoms with van der Waals surface area (Å²) in [5, 5.41) is 8.96. The molecule has 0 aromatic carbocycles. The highest BCUT2D eigenvalue weighted by atomic mass is 127. The fourth-order valence-electron chi connectivity index (χ4n) is 1.34. The Morgan fingerprint density at radius 2 is 1.90 bits per heavy atom. The molecule has 0 aromatic heterocycles. The number of rotatable bonds is 2. The van der Waals surface area contributed by atoms with Crippen molar-refractivity contribution in [1.29, 1.82) is 0 Å². The van der Waals surface area contributed by atoms with Gasteiger partial charge in [0.2, 0.25) is 0 Å². The third-order valence-corrected chi connectivity index (χ3v) is 3.28.